The molecule has 0 bridgehead atoms. The number of nitrogens with zero attached hydrogens (tertiary/aromatic N) is 2. The summed E-state index contributed by atoms with van der Waals surface area (Å²) in [5.41, 5.74) is -1.76. The number of allylic oxidation sites excluding steroid dienone is 1. The molecule has 3 aromatic rings. The van der Waals surface area contributed by atoms with E-state index in [4.69, 9.17) is 9.84 Å². The van der Waals surface area contributed by atoms with E-state index in [0.717, 1.165) is 29.0 Å². The topological polar surface area (TPSA) is 87.2 Å². The molecule has 45 heavy (non-hydrogen) atoms. The highest BCUT2D eigenvalue weighted by atomic mass is 19.4. The van der Waals surface area contributed by atoms with Crippen LogP contribution in [0.15, 0.2) is 72.4 Å². The maximum atomic E-state index is 15.4. The predicted molar refractivity (Wildman–Crippen MR) is 159 cm³/mol. The Balaban J connectivity index is 0.00000107. The third kappa shape index (κ3) is 10.2. The number of methoxy groups -OCH3 is 1. The summed E-state index contributed by atoms with van der Waals surface area (Å²) in [6.45, 7) is 2.51. The van der Waals surface area contributed by atoms with Gasteiger partial charge in [0, 0.05) is 36.8 Å². The minimum atomic E-state index is -4.89. The summed E-state index contributed by atoms with van der Waals surface area (Å²) >= 11 is 0. The van der Waals surface area contributed by atoms with Gasteiger partial charge in [-0.2, -0.15) is 13.2 Å². The molecular weight excluding hydrogens is 599 g/mol. The number of hydrogen-bond acceptors (Lipinski definition) is 4. The van der Waals surface area contributed by atoms with E-state index < -0.39 is 47.4 Å². The Bertz CT molecular complexity index is 1490. The highest BCUT2D eigenvalue weighted by Gasteiger charge is 2.35. The minimum Gasteiger partial charge on any atom is -0.494 e. The Morgan fingerprint density at radius 2 is 1.62 bits per heavy atom. The number of carboxylic acids is 1. The lowest BCUT2D eigenvalue weighted by molar-refractivity contribution is -0.139. The van der Waals surface area contributed by atoms with Gasteiger partial charge < -0.3 is 19.6 Å². The maximum Gasteiger partial charge on any atom is 0.416 e. The van der Waals surface area contributed by atoms with Crippen molar-refractivity contribution in [1.82, 2.24) is 9.80 Å². The number of carbonyl (C=O) groups excluding carboxylic acids is 2. The van der Waals surface area contributed by atoms with Gasteiger partial charge in [-0.25, -0.2) is 8.78 Å². The van der Waals surface area contributed by atoms with Gasteiger partial charge in [0.15, 0.2) is 11.6 Å². The number of hydrogen-bond donors (Lipinski definition) is 1. The van der Waals surface area contributed by atoms with Crippen molar-refractivity contribution in [1.29, 1.82) is 0 Å². The first-order valence-electron chi connectivity index (χ1n) is 13.9. The Hall–Kier alpha value is -4.74. The van der Waals surface area contributed by atoms with Crippen molar-refractivity contribution in [3.63, 3.8) is 0 Å². The van der Waals surface area contributed by atoms with Gasteiger partial charge in [-0.05, 0) is 43.5 Å². The summed E-state index contributed by atoms with van der Waals surface area (Å²) in [5.74, 6) is -3.65. The van der Waals surface area contributed by atoms with E-state index >= 15 is 4.39 Å². The van der Waals surface area contributed by atoms with Crippen molar-refractivity contribution in [2.45, 2.75) is 45.8 Å². The number of carboxylic acid groups (broad SMARTS) is 1. The molecule has 0 aromatic heterocycles. The Kier molecular flexibility index (Phi) is 13.7. The molecule has 0 heterocycles. The first kappa shape index (κ1) is 36.5. The van der Waals surface area contributed by atoms with Crippen molar-refractivity contribution in [2.24, 2.45) is 0 Å². The zero-order valence-corrected chi connectivity index (χ0v) is 25.3. The summed E-state index contributed by atoms with van der Waals surface area (Å²) in [5, 5.41) is 7.91. The molecule has 0 fully saturated rings. The van der Waals surface area contributed by atoms with Crippen LogP contribution in [-0.2, 0) is 33.5 Å². The highest BCUT2D eigenvalue weighted by molar-refractivity contribution is 6.20. The fourth-order valence-corrected chi connectivity index (χ4v) is 4.31. The van der Waals surface area contributed by atoms with E-state index in [2.05, 4.69) is 0 Å². The standard InChI is InChI=1S/C29H27F5N2O3.C4H8O2/c1-19(36(18-37)17-22-23(29(32,33)34)12-8-13-24(22)30)26(21-11-7-14-25(39-3)27(21)31)28(38)35(2)16-15-20-9-5-4-6-10-20;1-2-3-4(5)6/h4-14,18H,15-17H2,1-3H3;2-3H2,1H3,(H,5,6)/b26-19-;. The maximum absolute atomic E-state index is 15.4. The zero-order chi connectivity index (χ0) is 33.7. The van der Waals surface area contributed by atoms with Crippen LogP contribution in [-0.4, -0.2) is 53.9 Å². The number of likely N-dealkylation sites (N-methyl/N-ethyl adjacent to an activating group) is 1. The number of halogens is 5. The average Bonchev–Trinajstić information content (AvgIpc) is 3.00. The second-order valence-electron chi connectivity index (χ2n) is 9.89. The largest absolute Gasteiger partial charge is 0.494 e. The molecule has 7 nitrogen and oxygen atoms in total. The molecule has 0 unspecified atom stereocenters. The number of amides is 2. The van der Waals surface area contributed by atoms with E-state index in [9.17, 15) is 31.9 Å². The fourth-order valence-electron chi connectivity index (χ4n) is 4.31. The number of rotatable bonds is 12. The van der Waals surface area contributed by atoms with Crippen LogP contribution >= 0.6 is 0 Å². The first-order valence-corrected chi connectivity index (χ1v) is 13.9. The molecule has 0 radical (unpaired) electrons. The summed E-state index contributed by atoms with van der Waals surface area (Å²) in [6, 6.07) is 15.8. The number of alkyl halides is 3. The van der Waals surface area contributed by atoms with Gasteiger partial charge in [-0.1, -0.05) is 55.5 Å². The van der Waals surface area contributed by atoms with Crippen molar-refractivity contribution in [3.05, 3.63) is 106 Å². The van der Waals surface area contributed by atoms with Crippen LogP contribution in [0.5, 0.6) is 5.75 Å². The second-order valence-corrected chi connectivity index (χ2v) is 9.89. The smallest absolute Gasteiger partial charge is 0.416 e. The Morgan fingerprint density at radius 3 is 2.16 bits per heavy atom. The van der Waals surface area contributed by atoms with Gasteiger partial charge in [-0.3, -0.25) is 14.4 Å². The number of carbonyl (C=O) groups is 3. The molecule has 0 aliphatic carbocycles. The fraction of sp³-hybridized carbons (Fsp3) is 0.303. The van der Waals surface area contributed by atoms with Crippen LogP contribution in [0.1, 0.15) is 48.9 Å². The Morgan fingerprint density at radius 1 is 0.978 bits per heavy atom. The molecule has 0 aliphatic rings. The third-order valence-corrected chi connectivity index (χ3v) is 6.73. The van der Waals surface area contributed by atoms with Gasteiger partial charge in [0.05, 0.1) is 24.8 Å². The van der Waals surface area contributed by atoms with E-state index in [1.807, 2.05) is 37.3 Å². The quantitative estimate of drug-likeness (QED) is 0.132. The summed E-state index contributed by atoms with van der Waals surface area (Å²) < 4.78 is 75.8. The summed E-state index contributed by atoms with van der Waals surface area (Å²) in [7, 11) is 2.72. The van der Waals surface area contributed by atoms with E-state index in [-0.39, 0.29) is 35.5 Å². The van der Waals surface area contributed by atoms with Crippen LogP contribution in [0.2, 0.25) is 0 Å². The SMILES string of the molecule is CCCC(=O)O.COc1cccc(/C(C(=O)N(C)CCc2ccccc2)=C(\C)N(C=O)Cc2c(F)cccc2C(F)(F)F)c1F. The van der Waals surface area contributed by atoms with Crippen LogP contribution in [0.25, 0.3) is 5.57 Å². The van der Waals surface area contributed by atoms with Crippen molar-refractivity contribution in [2.75, 3.05) is 20.7 Å². The first-order chi connectivity index (χ1) is 21.3. The third-order valence-electron chi connectivity index (χ3n) is 6.73. The molecule has 12 heteroatoms. The summed E-state index contributed by atoms with van der Waals surface area (Å²) in [4.78, 5) is 37.5. The summed E-state index contributed by atoms with van der Waals surface area (Å²) in [6.07, 6.45) is -3.22. The monoisotopic (exact) mass is 634 g/mol. The Labute approximate surface area is 258 Å². The van der Waals surface area contributed by atoms with Gasteiger partial charge in [0.25, 0.3) is 5.91 Å². The van der Waals surface area contributed by atoms with Crippen LogP contribution < -0.4 is 4.74 Å². The lowest BCUT2D eigenvalue weighted by Crippen LogP contribution is -2.32. The molecule has 3 rings (SSSR count). The molecule has 3 aromatic carbocycles. The van der Waals surface area contributed by atoms with Gasteiger partial charge >= 0.3 is 12.1 Å². The van der Waals surface area contributed by atoms with Crippen molar-refractivity contribution >= 4 is 23.9 Å². The lowest BCUT2D eigenvalue weighted by Gasteiger charge is -2.26. The van der Waals surface area contributed by atoms with E-state index in [1.54, 1.807) is 0 Å². The van der Waals surface area contributed by atoms with Crippen LogP contribution in [0, 0.1) is 11.6 Å². The highest BCUT2D eigenvalue weighted by Crippen LogP contribution is 2.35. The van der Waals surface area contributed by atoms with Crippen molar-refractivity contribution < 1.29 is 46.2 Å². The van der Waals surface area contributed by atoms with E-state index in [1.165, 1.54) is 44.2 Å². The molecule has 0 aliphatic heterocycles. The molecule has 0 spiro atoms. The molecule has 1 N–H and O–H groups in total. The minimum absolute atomic E-state index is 0.162. The second kappa shape index (κ2) is 16.9. The lowest BCUT2D eigenvalue weighted by atomic mass is 9.99. The van der Waals surface area contributed by atoms with Gasteiger partial charge in [0.1, 0.15) is 5.82 Å². The van der Waals surface area contributed by atoms with Crippen molar-refractivity contribution in [3.8, 4) is 5.75 Å². The van der Waals surface area contributed by atoms with Crippen LogP contribution in [0.4, 0.5) is 22.0 Å². The number of aliphatic carboxylic acids is 1. The molecule has 0 saturated carbocycles. The van der Waals surface area contributed by atoms with Gasteiger partial charge in [0.2, 0.25) is 6.41 Å². The predicted octanol–water partition coefficient (Wildman–Crippen LogP) is 6.95. The molecule has 242 valence electrons. The average molecular weight is 635 g/mol. The molecule has 0 saturated heterocycles. The molecular formula is C33H35F5N2O5. The van der Waals surface area contributed by atoms with Gasteiger partial charge in [-0.15, -0.1) is 0 Å². The zero-order valence-electron chi connectivity index (χ0n) is 25.3. The normalized spacial score (nSPS) is 11.5. The van der Waals surface area contributed by atoms with Crippen LogP contribution in [0.3, 0.4) is 0 Å². The van der Waals surface area contributed by atoms with E-state index in [0.29, 0.717) is 18.9 Å². The molecule has 2 amide bonds. The molecule has 0 atom stereocenters. The number of benzene rings is 3. The number of ether oxygens (including phenoxy) is 1.